The Balaban J connectivity index is 2.23. The van der Waals surface area contributed by atoms with E-state index in [0.717, 1.165) is 12.0 Å². The minimum Gasteiger partial charge on any atom is -0.481 e. The number of nitrogens with zero attached hydrogens (tertiary/aromatic N) is 3. The van der Waals surface area contributed by atoms with Crippen LogP contribution in [-0.4, -0.2) is 52.4 Å². The van der Waals surface area contributed by atoms with Crippen LogP contribution in [0.4, 0.5) is 0 Å². The lowest BCUT2D eigenvalue weighted by Crippen LogP contribution is -2.46. The predicted molar refractivity (Wildman–Crippen MR) is 86.5 cm³/mol. The maximum Gasteiger partial charge on any atom is 0.307 e. The number of aryl methyl sites for hydroxylation is 1. The van der Waals surface area contributed by atoms with E-state index >= 15 is 0 Å². The summed E-state index contributed by atoms with van der Waals surface area (Å²) in [4.78, 5) is 11.4. The molecular weight excluding hydrogens is 318 g/mol. The van der Waals surface area contributed by atoms with Gasteiger partial charge in [-0.15, -0.1) is 0 Å². The maximum atomic E-state index is 12.6. The van der Waals surface area contributed by atoms with Crippen LogP contribution in [0.25, 0.3) is 0 Å². The second-order valence-corrected chi connectivity index (χ2v) is 8.54. The van der Waals surface area contributed by atoms with Crippen LogP contribution in [0.1, 0.15) is 38.2 Å². The molecule has 8 heteroatoms. The van der Waals surface area contributed by atoms with Crippen molar-refractivity contribution in [1.82, 2.24) is 14.1 Å². The Morgan fingerprint density at radius 3 is 2.70 bits per heavy atom. The lowest BCUT2D eigenvalue weighted by molar-refractivity contribution is -0.143. The molecule has 0 aliphatic carbocycles. The standard InChI is InChI=1S/C15H25N3O4S/c1-4-11(2)10-23(21,22)18-8-12(5-13(9-18)15(19)20)14-6-16-17(3)7-14/h6-7,11-13H,4-5,8-10H2,1-3H3,(H,19,20). The molecule has 0 spiro atoms. The highest BCUT2D eigenvalue weighted by Crippen LogP contribution is 2.32. The third kappa shape index (κ3) is 4.32. The highest BCUT2D eigenvalue weighted by Gasteiger charge is 2.38. The van der Waals surface area contributed by atoms with E-state index in [2.05, 4.69) is 5.10 Å². The van der Waals surface area contributed by atoms with Crippen molar-refractivity contribution in [2.75, 3.05) is 18.8 Å². The summed E-state index contributed by atoms with van der Waals surface area (Å²) in [7, 11) is -1.66. The Bertz CT molecular complexity index is 655. The summed E-state index contributed by atoms with van der Waals surface area (Å²) < 4.78 is 28.2. The molecule has 3 unspecified atom stereocenters. The number of rotatable bonds is 6. The fourth-order valence-electron chi connectivity index (χ4n) is 2.94. The van der Waals surface area contributed by atoms with Crippen LogP contribution in [0.2, 0.25) is 0 Å². The van der Waals surface area contributed by atoms with Gasteiger partial charge in [0, 0.05) is 32.3 Å². The van der Waals surface area contributed by atoms with Gasteiger partial charge in [0.05, 0.1) is 17.9 Å². The Morgan fingerprint density at radius 2 is 2.17 bits per heavy atom. The number of aliphatic carboxylic acids is 1. The van der Waals surface area contributed by atoms with Crippen LogP contribution >= 0.6 is 0 Å². The molecule has 2 rings (SSSR count). The fraction of sp³-hybridized carbons (Fsp3) is 0.733. The first kappa shape index (κ1) is 17.9. The van der Waals surface area contributed by atoms with Crippen LogP contribution in [0.3, 0.4) is 0 Å². The molecule has 0 bridgehead atoms. The van der Waals surface area contributed by atoms with Crippen molar-refractivity contribution in [3.63, 3.8) is 0 Å². The van der Waals surface area contributed by atoms with Crippen LogP contribution in [0.5, 0.6) is 0 Å². The lowest BCUT2D eigenvalue weighted by Gasteiger charge is -2.35. The molecule has 2 heterocycles. The van der Waals surface area contributed by atoms with Crippen LogP contribution in [0, 0.1) is 11.8 Å². The Morgan fingerprint density at radius 1 is 1.48 bits per heavy atom. The molecule has 1 aromatic heterocycles. The fourth-order valence-corrected chi connectivity index (χ4v) is 4.92. The van der Waals surface area contributed by atoms with Gasteiger partial charge in [0.25, 0.3) is 0 Å². The van der Waals surface area contributed by atoms with Crippen LogP contribution in [0.15, 0.2) is 12.4 Å². The number of carbonyl (C=O) groups is 1. The Hall–Kier alpha value is -1.41. The molecule has 1 aliphatic heterocycles. The van der Waals surface area contributed by atoms with Crippen molar-refractivity contribution < 1.29 is 18.3 Å². The first-order valence-corrected chi connectivity index (χ1v) is 9.53. The molecule has 1 aromatic rings. The van der Waals surface area contributed by atoms with E-state index in [-0.39, 0.29) is 24.1 Å². The van der Waals surface area contributed by atoms with E-state index in [1.54, 1.807) is 17.9 Å². The summed E-state index contributed by atoms with van der Waals surface area (Å²) in [6, 6.07) is 0. The van der Waals surface area contributed by atoms with Crippen LogP contribution < -0.4 is 0 Å². The summed E-state index contributed by atoms with van der Waals surface area (Å²) in [5.41, 5.74) is 0.891. The van der Waals surface area contributed by atoms with Crippen molar-refractivity contribution in [3.05, 3.63) is 18.0 Å². The summed E-state index contributed by atoms with van der Waals surface area (Å²) in [5, 5.41) is 13.5. The van der Waals surface area contributed by atoms with Gasteiger partial charge in [-0.25, -0.2) is 12.7 Å². The van der Waals surface area contributed by atoms with Gasteiger partial charge in [-0.1, -0.05) is 20.3 Å². The van der Waals surface area contributed by atoms with E-state index in [1.165, 1.54) is 4.31 Å². The number of piperidine rings is 1. The molecule has 3 atom stereocenters. The average Bonchev–Trinajstić information content (AvgIpc) is 2.92. The molecular formula is C15H25N3O4S. The SMILES string of the molecule is CCC(C)CS(=O)(=O)N1CC(C(=O)O)CC(c2cnn(C)c2)C1. The number of hydrogen-bond donors (Lipinski definition) is 1. The monoisotopic (exact) mass is 343 g/mol. The lowest BCUT2D eigenvalue weighted by atomic mass is 9.87. The van der Waals surface area contributed by atoms with E-state index in [9.17, 15) is 18.3 Å². The maximum absolute atomic E-state index is 12.6. The summed E-state index contributed by atoms with van der Waals surface area (Å²) in [5.74, 6) is -1.63. The molecule has 0 amide bonds. The van der Waals surface area contributed by atoms with E-state index in [4.69, 9.17) is 0 Å². The molecule has 0 radical (unpaired) electrons. The first-order chi connectivity index (χ1) is 10.7. The smallest absolute Gasteiger partial charge is 0.307 e. The molecule has 7 nitrogen and oxygen atoms in total. The van der Waals surface area contributed by atoms with E-state index in [1.807, 2.05) is 20.0 Å². The van der Waals surface area contributed by atoms with Crippen molar-refractivity contribution in [2.45, 2.75) is 32.6 Å². The molecule has 1 aliphatic rings. The van der Waals surface area contributed by atoms with Crippen LogP contribution in [-0.2, 0) is 21.9 Å². The number of carboxylic acids is 1. The van der Waals surface area contributed by atoms with Gasteiger partial charge >= 0.3 is 5.97 Å². The normalized spacial score (nSPS) is 24.5. The van der Waals surface area contributed by atoms with Crippen molar-refractivity contribution >= 4 is 16.0 Å². The summed E-state index contributed by atoms with van der Waals surface area (Å²) in [6.45, 7) is 4.24. The summed E-state index contributed by atoms with van der Waals surface area (Å²) in [6.07, 6.45) is 4.74. The minimum atomic E-state index is -3.45. The number of sulfonamides is 1. The van der Waals surface area contributed by atoms with Gasteiger partial charge in [-0.2, -0.15) is 5.10 Å². The molecule has 130 valence electrons. The Kier molecular flexibility index (Phi) is 5.46. The zero-order chi connectivity index (χ0) is 17.2. The van der Waals surface area contributed by atoms with Gasteiger partial charge in [-0.3, -0.25) is 9.48 Å². The largest absolute Gasteiger partial charge is 0.481 e. The molecule has 0 saturated carbocycles. The van der Waals surface area contributed by atoms with Gasteiger partial charge in [0.15, 0.2) is 0 Å². The topological polar surface area (TPSA) is 92.5 Å². The quantitative estimate of drug-likeness (QED) is 0.840. The summed E-state index contributed by atoms with van der Waals surface area (Å²) >= 11 is 0. The number of hydrogen-bond acceptors (Lipinski definition) is 4. The molecule has 1 fully saturated rings. The highest BCUT2D eigenvalue weighted by atomic mass is 32.2. The molecule has 0 aromatic carbocycles. The molecule has 1 saturated heterocycles. The number of aromatic nitrogens is 2. The third-order valence-corrected chi connectivity index (χ3v) is 6.62. The highest BCUT2D eigenvalue weighted by molar-refractivity contribution is 7.89. The van der Waals surface area contributed by atoms with Gasteiger partial charge in [0.2, 0.25) is 10.0 Å². The zero-order valence-corrected chi connectivity index (χ0v) is 14.7. The molecule has 1 N–H and O–H groups in total. The van der Waals surface area contributed by atoms with Crippen molar-refractivity contribution in [1.29, 1.82) is 0 Å². The molecule has 23 heavy (non-hydrogen) atoms. The van der Waals surface area contributed by atoms with Crippen molar-refractivity contribution in [3.8, 4) is 0 Å². The van der Waals surface area contributed by atoms with Crippen molar-refractivity contribution in [2.24, 2.45) is 18.9 Å². The minimum absolute atomic E-state index is 0.0575. The second-order valence-electron chi connectivity index (χ2n) is 6.52. The zero-order valence-electron chi connectivity index (χ0n) is 13.8. The van der Waals surface area contributed by atoms with E-state index in [0.29, 0.717) is 13.0 Å². The number of carboxylic acid groups (broad SMARTS) is 1. The van der Waals surface area contributed by atoms with E-state index < -0.39 is 21.9 Å². The second kappa shape index (κ2) is 7.00. The van der Waals surface area contributed by atoms with Gasteiger partial charge < -0.3 is 5.11 Å². The average molecular weight is 343 g/mol. The van der Waals surface area contributed by atoms with Gasteiger partial charge in [0.1, 0.15) is 0 Å². The predicted octanol–water partition coefficient (Wildman–Crippen LogP) is 1.29. The third-order valence-electron chi connectivity index (χ3n) is 4.55. The van der Waals surface area contributed by atoms with Gasteiger partial charge in [-0.05, 0) is 17.9 Å². The Labute approximate surface area is 137 Å². The first-order valence-electron chi connectivity index (χ1n) is 7.92.